The van der Waals surface area contributed by atoms with Gasteiger partial charge in [0.1, 0.15) is 9.05 Å². The minimum absolute atomic E-state index is 0. The van der Waals surface area contributed by atoms with E-state index in [0.717, 1.165) is 0 Å². The maximum Gasteiger partial charge on any atom is 2.00 e. The van der Waals surface area contributed by atoms with Gasteiger partial charge in [0.2, 0.25) is 0 Å². The Hall–Kier alpha value is 3.57. The molecule has 0 unspecified atom stereocenters. The summed E-state index contributed by atoms with van der Waals surface area (Å²) in [7, 11) is -20.0. The first-order valence-electron chi connectivity index (χ1n) is 3.35. The summed E-state index contributed by atoms with van der Waals surface area (Å²) in [5.74, 6) is 0. The van der Waals surface area contributed by atoms with Crippen molar-refractivity contribution in [2.75, 3.05) is 0 Å². The van der Waals surface area contributed by atoms with Crippen LogP contribution >= 0.6 is 7.82 Å². The van der Waals surface area contributed by atoms with E-state index < -0.39 is 35.0 Å². The molecule has 0 rings (SSSR count). The Kier molecular flexibility index (Phi) is 40.0. The summed E-state index contributed by atoms with van der Waals surface area (Å²) >= 11 is 0. The fraction of sp³-hybridized carbons (Fsp3) is 0. The largest absolute Gasteiger partial charge is 2.00 e. The van der Waals surface area contributed by atoms with E-state index in [9.17, 15) is 0 Å². The number of hydrogen-bond donors (Lipinski definition) is 9. The fourth-order valence-corrected chi connectivity index (χ4v) is 0. The summed E-state index contributed by atoms with van der Waals surface area (Å²) in [5.41, 5.74) is 0. The van der Waals surface area contributed by atoms with Crippen LogP contribution in [0.15, 0.2) is 0 Å². The minimum Gasteiger partial charge on any atom is -0.894 e. The molecule has 128 valence electrons. The molecular formula is H9Ca2MgO16PSi3. The van der Waals surface area contributed by atoms with Crippen molar-refractivity contribution in [3.05, 3.63) is 0 Å². The van der Waals surface area contributed by atoms with Gasteiger partial charge in [0.05, 0.1) is 0 Å². The monoisotopic (exact) mass is 484 g/mol. The smallest absolute Gasteiger partial charge is 0.894 e. The number of rotatable bonds is 0. The first kappa shape index (κ1) is 45.4. The van der Waals surface area contributed by atoms with Gasteiger partial charge in [-0.25, -0.2) is 4.57 Å². The molecule has 0 atom stereocenters. The van der Waals surface area contributed by atoms with Crippen molar-refractivity contribution in [2.24, 2.45) is 0 Å². The van der Waals surface area contributed by atoms with Gasteiger partial charge in [-0.15, -0.1) is 0 Å². The van der Waals surface area contributed by atoms with Crippen LogP contribution in [-0.2, 0) is 4.57 Å². The first-order valence-corrected chi connectivity index (χ1v) is 10.0. The van der Waals surface area contributed by atoms with E-state index in [1.807, 2.05) is 0 Å². The van der Waals surface area contributed by atoms with Gasteiger partial charge in [-0.05, 0) is 0 Å². The maximum atomic E-state index is 8.88. The van der Waals surface area contributed by atoms with Gasteiger partial charge >= 0.3 is 115 Å². The molecule has 0 spiro atoms. The first-order chi connectivity index (χ1) is 8.00. The molecular weight excluding hydrogens is 476 g/mol. The van der Waals surface area contributed by atoms with E-state index in [2.05, 4.69) is 0 Å². The molecule has 0 saturated carbocycles. The zero-order chi connectivity index (χ0) is 18.0. The van der Waals surface area contributed by atoms with E-state index in [1.165, 1.54) is 0 Å². The van der Waals surface area contributed by atoms with Gasteiger partial charge in [0, 0.05) is 0 Å². The average Bonchev–Trinajstić information content (AvgIpc) is 1.62. The van der Waals surface area contributed by atoms with Crippen LogP contribution in [0.5, 0.6) is 0 Å². The molecule has 0 heterocycles. The Morgan fingerprint density at radius 3 is 0.652 bits per heavy atom. The summed E-state index contributed by atoms with van der Waals surface area (Å²) in [6.07, 6.45) is 0. The van der Waals surface area contributed by atoms with E-state index >= 15 is 0 Å². The standard InChI is InChI=1S/2Ca.Mg.H3O4P.H4O4Si.H2O4Si.O4Si/c;;;4*1-5(2,3)4/h;;;(H3,1,2,3,4);1-4H;1-2H;/q3*+2;;;-2;-4. The Labute approximate surface area is 207 Å². The van der Waals surface area contributed by atoms with Crippen molar-refractivity contribution in [1.29, 1.82) is 0 Å². The third-order valence-corrected chi connectivity index (χ3v) is 0. The van der Waals surface area contributed by atoms with Crippen molar-refractivity contribution >= 4 is 133 Å². The molecule has 16 nitrogen and oxygen atoms in total. The van der Waals surface area contributed by atoms with Crippen molar-refractivity contribution in [3.8, 4) is 0 Å². The average molecular weight is 485 g/mol. The van der Waals surface area contributed by atoms with Crippen LogP contribution in [-0.4, -0.2) is 169 Å². The zero-order valence-corrected chi connectivity index (χ0v) is 20.7. The molecule has 0 aromatic heterocycles. The SMILES string of the molecule is O=P(O)(O)O.O[Si](O)(O)O.[Ca+2].[Ca+2].[Mg+2].[O-][Si]([O-])(O)O.[O-][Si]([O-])([O-])[O-]. The summed E-state index contributed by atoms with van der Waals surface area (Å²) in [4.78, 5) is 117. The van der Waals surface area contributed by atoms with Crippen LogP contribution in [0.3, 0.4) is 0 Å². The Balaban J connectivity index is -0.0000000284. The van der Waals surface area contributed by atoms with Gasteiger partial charge in [-0.1, -0.05) is 0 Å². The molecule has 0 amide bonds. The Morgan fingerprint density at radius 2 is 0.652 bits per heavy atom. The van der Waals surface area contributed by atoms with Crippen LogP contribution in [0, 0.1) is 0 Å². The molecule has 0 fully saturated rings. The predicted octanol–water partition coefficient (Wildman–Crippen LogP) is -13.7. The molecule has 0 radical (unpaired) electrons. The minimum atomic E-state index is -5.61. The van der Waals surface area contributed by atoms with Crippen LogP contribution in [0.1, 0.15) is 0 Å². The zero-order valence-electron chi connectivity index (χ0n) is 11.0. The van der Waals surface area contributed by atoms with Gasteiger partial charge in [-0.2, -0.15) is 0 Å². The molecule has 0 aromatic rings. The molecule has 23 heteroatoms. The van der Waals surface area contributed by atoms with E-state index in [0.29, 0.717) is 0 Å². The second kappa shape index (κ2) is 20.3. The summed E-state index contributed by atoms with van der Waals surface area (Å²) in [6, 6.07) is 0. The third kappa shape index (κ3) is 1120. The molecule has 23 heavy (non-hydrogen) atoms. The van der Waals surface area contributed by atoms with Crippen LogP contribution < -0.4 is 28.8 Å². The molecule has 0 aliphatic carbocycles. The molecule has 0 saturated heterocycles. The van der Waals surface area contributed by atoms with Crippen LogP contribution in [0.2, 0.25) is 0 Å². The summed E-state index contributed by atoms with van der Waals surface area (Å²) in [6.45, 7) is 0. The number of hydrogen-bond acceptors (Lipinski definition) is 13. The van der Waals surface area contributed by atoms with E-state index in [4.69, 9.17) is 76.8 Å². The molecule has 0 aliphatic rings. The fourth-order valence-electron chi connectivity index (χ4n) is 0. The molecule has 9 N–H and O–H groups in total. The normalized spacial score (nSPS) is 10.4. The topological polar surface area (TPSA) is 338 Å². The van der Waals surface area contributed by atoms with E-state index in [1.54, 1.807) is 0 Å². The summed E-state index contributed by atoms with van der Waals surface area (Å²) in [5, 5.41) is 0. The van der Waals surface area contributed by atoms with Crippen LogP contribution in [0.4, 0.5) is 0 Å². The van der Waals surface area contributed by atoms with Gasteiger partial charge < -0.3 is 81.3 Å². The molecule has 0 aromatic carbocycles. The maximum absolute atomic E-state index is 8.88. The van der Waals surface area contributed by atoms with Crippen molar-refractivity contribution in [1.82, 2.24) is 0 Å². The predicted molar refractivity (Wildman–Crippen MR) is 62.1 cm³/mol. The second-order valence-electron chi connectivity index (χ2n) is 2.16. The van der Waals surface area contributed by atoms with Crippen LogP contribution in [0.25, 0.3) is 0 Å². The van der Waals surface area contributed by atoms with Gasteiger partial charge in [-0.3, -0.25) is 0 Å². The van der Waals surface area contributed by atoms with Crippen molar-refractivity contribution < 1.29 is 76.8 Å². The quantitative estimate of drug-likeness (QED) is 0.114. The summed E-state index contributed by atoms with van der Waals surface area (Å²) < 4.78 is 8.88. The number of phosphoric acid groups is 1. The molecule has 0 aliphatic heterocycles. The van der Waals surface area contributed by atoms with E-state index in [-0.39, 0.29) is 98.5 Å². The van der Waals surface area contributed by atoms with Crippen molar-refractivity contribution in [2.45, 2.75) is 0 Å². The second-order valence-corrected chi connectivity index (χ2v) is 6.49. The Bertz CT molecular complexity index is 207. The van der Waals surface area contributed by atoms with Gasteiger partial charge in [0.25, 0.3) is 0 Å². The Morgan fingerprint density at radius 1 is 0.652 bits per heavy atom. The molecule has 0 bridgehead atoms. The van der Waals surface area contributed by atoms with Crippen molar-refractivity contribution in [3.63, 3.8) is 0 Å². The van der Waals surface area contributed by atoms with Gasteiger partial charge in [0.15, 0.2) is 0 Å². The third-order valence-electron chi connectivity index (χ3n) is 0.